The maximum absolute atomic E-state index is 12.8. The van der Waals surface area contributed by atoms with E-state index in [4.69, 9.17) is 4.18 Å². The molecule has 0 fully saturated rings. The molecule has 0 aromatic heterocycles. The molecule has 0 radical (unpaired) electrons. The first-order chi connectivity index (χ1) is 12.5. The number of hydrogen-bond acceptors (Lipinski definition) is 4. The number of carboxylic acid groups (broad SMARTS) is 1. The molecule has 0 aliphatic heterocycles. The minimum Gasteiger partial charge on any atom is -0.472 e. The SMILES string of the molecule is O=C(O)[SH](Oc1ccccc1)(c1ccccc1)(c1ccccc1)[SH](=O)=O. The molecule has 7 heteroatoms. The van der Waals surface area contributed by atoms with E-state index in [0.717, 1.165) is 0 Å². The number of benzene rings is 3. The van der Waals surface area contributed by atoms with Crippen LogP contribution in [0.4, 0.5) is 4.79 Å². The largest absolute Gasteiger partial charge is 0.472 e. The van der Waals surface area contributed by atoms with Crippen molar-refractivity contribution in [2.75, 3.05) is 0 Å². The van der Waals surface area contributed by atoms with Crippen LogP contribution in [0.2, 0.25) is 0 Å². The molecule has 0 saturated carbocycles. The van der Waals surface area contributed by atoms with E-state index in [9.17, 15) is 18.3 Å². The lowest BCUT2D eigenvalue weighted by Crippen LogP contribution is -2.34. The molecule has 0 aliphatic rings. The normalized spacial score (nSPS) is 12.9. The van der Waals surface area contributed by atoms with Crippen molar-refractivity contribution in [3.63, 3.8) is 0 Å². The summed E-state index contributed by atoms with van der Waals surface area (Å²) in [6.45, 7) is 0. The third-order valence-electron chi connectivity index (χ3n) is 4.16. The van der Waals surface area contributed by atoms with Gasteiger partial charge in [-0.25, -0.2) is 13.2 Å². The Morgan fingerprint density at radius 1 is 0.731 bits per heavy atom. The van der Waals surface area contributed by atoms with Crippen molar-refractivity contribution in [3.8, 4) is 5.75 Å². The van der Waals surface area contributed by atoms with Gasteiger partial charge in [-0.1, -0.05) is 54.6 Å². The molecule has 0 saturated heterocycles. The molecule has 1 N–H and O–H groups in total. The Kier molecular flexibility index (Phi) is 4.76. The van der Waals surface area contributed by atoms with Gasteiger partial charge in [0.15, 0.2) is 0 Å². The van der Waals surface area contributed by atoms with Crippen LogP contribution >= 0.6 is 8.47 Å². The fourth-order valence-corrected chi connectivity index (χ4v) is 9.33. The van der Waals surface area contributed by atoms with Crippen LogP contribution in [0, 0.1) is 0 Å². The van der Waals surface area contributed by atoms with E-state index in [-0.39, 0.29) is 15.5 Å². The van der Waals surface area contributed by atoms with Gasteiger partial charge in [0.2, 0.25) is 9.74 Å². The molecule has 3 aromatic rings. The van der Waals surface area contributed by atoms with Gasteiger partial charge in [0.05, 0.1) is 0 Å². The van der Waals surface area contributed by atoms with Crippen molar-refractivity contribution < 1.29 is 22.5 Å². The Labute approximate surface area is 152 Å². The lowest BCUT2D eigenvalue weighted by Gasteiger charge is -2.53. The first-order valence-electron chi connectivity index (χ1n) is 7.78. The molecule has 3 rings (SSSR count). The molecule has 0 spiro atoms. The average Bonchev–Trinajstić information content (AvgIpc) is 2.68. The molecule has 136 valence electrons. The molecular weight excluding hydrogens is 372 g/mol. The standard InChI is InChI=1S/C19H18O5S2/c20-19(21)26(25(22)23,17-12-6-2-7-13-17,18-14-8-3-9-15-18)24-16-10-4-1-5-11-16/h1-15,25-26H,(H,20,21). The topological polar surface area (TPSA) is 80.7 Å². The van der Waals surface area contributed by atoms with E-state index in [1.165, 1.54) is 24.3 Å². The Bertz CT molecular complexity index is 939. The second-order valence-corrected chi connectivity index (χ2v) is 12.9. The molecule has 0 unspecified atom stereocenters. The summed E-state index contributed by atoms with van der Waals surface area (Å²) in [4.78, 5) is 13.0. The zero-order valence-corrected chi connectivity index (χ0v) is 15.4. The van der Waals surface area contributed by atoms with Crippen molar-refractivity contribution in [2.24, 2.45) is 0 Å². The van der Waals surface area contributed by atoms with E-state index in [2.05, 4.69) is 0 Å². The predicted octanol–water partition coefficient (Wildman–Crippen LogP) is 4.38. The Balaban J connectivity index is 2.49. The van der Waals surface area contributed by atoms with Gasteiger partial charge in [0, 0.05) is 18.3 Å². The van der Waals surface area contributed by atoms with Gasteiger partial charge in [-0.05, 0) is 36.4 Å². The van der Waals surface area contributed by atoms with Gasteiger partial charge in [0.1, 0.15) is 5.75 Å². The number of para-hydroxylation sites is 1. The van der Waals surface area contributed by atoms with Crippen molar-refractivity contribution in [1.82, 2.24) is 0 Å². The Morgan fingerprint density at radius 2 is 1.12 bits per heavy atom. The van der Waals surface area contributed by atoms with Crippen LogP contribution in [0.1, 0.15) is 0 Å². The molecule has 0 aliphatic carbocycles. The van der Waals surface area contributed by atoms with Crippen LogP contribution in [0.25, 0.3) is 0 Å². The van der Waals surface area contributed by atoms with Gasteiger partial charge in [-0.15, -0.1) is 0 Å². The van der Waals surface area contributed by atoms with Crippen LogP contribution in [-0.2, 0) is 9.74 Å². The van der Waals surface area contributed by atoms with Crippen molar-refractivity contribution in [1.29, 1.82) is 0 Å². The van der Waals surface area contributed by atoms with Crippen molar-refractivity contribution in [2.45, 2.75) is 9.79 Å². The van der Waals surface area contributed by atoms with Crippen molar-refractivity contribution >= 4 is 23.5 Å². The van der Waals surface area contributed by atoms with Gasteiger partial charge >= 0.3 is 5.30 Å². The lowest BCUT2D eigenvalue weighted by molar-refractivity contribution is 0.219. The second kappa shape index (κ2) is 6.86. The maximum Gasteiger partial charge on any atom is 0.378 e. The molecular formula is C19H18O5S2. The van der Waals surface area contributed by atoms with E-state index in [1.54, 1.807) is 66.7 Å². The van der Waals surface area contributed by atoms with Gasteiger partial charge in [0.25, 0.3) is 0 Å². The average molecular weight is 390 g/mol. The smallest absolute Gasteiger partial charge is 0.378 e. The number of rotatable bonds is 5. The lowest BCUT2D eigenvalue weighted by atomic mass is 10.3. The van der Waals surface area contributed by atoms with Crippen LogP contribution in [0.15, 0.2) is 101 Å². The second-order valence-electron chi connectivity index (χ2n) is 5.59. The fourth-order valence-electron chi connectivity index (χ4n) is 2.90. The van der Waals surface area contributed by atoms with Crippen LogP contribution in [-0.4, -0.2) is 18.8 Å². The third kappa shape index (κ3) is 2.48. The highest BCUT2D eigenvalue weighted by molar-refractivity contribution is 8.99. The molecule has 0 bridgehead atoms. The molecule has 3 aromatic carbocycles. The fraction of sp³-hybridized carbons (Fsp3) is 0. The molecule has 0 amide bonds. The monoisotopic (exact) mass is 390 g/mol. The minimum atomic E-state index is -5.14. The minimum absolute atomic E-state index is 0.122. The maximum atomic E-state index is 12.8. The third-order valence-corrected chi connectivity index (χ3v) is 12.6. The predicted molar refractivity (Wildman–Crippen MR) is 104 cm³/mol. The summed E-state index contributed by atoms with van der Waals surface area (Å²) in [5.41, 5.74) is 0. The molecule has 5 nitrogen and oxygen atoms in total. The van der Waals surface area contributed by atoms with E-state index in [1.807, 2.05) is 0 Å². The number of carbonyl (C=O) groups is 1. The van der Waals surface area contributed by atoms with Gasteiger partial charge in [-0.3, -0.25) is 0 Å². The Morgan fingerprint density at radius 3 is 1.46 bits per heavy atom. The quantitative estimate of drug-likeness (QED) is 0.445. The van der Waals surface area contributed by atoms with Crippen LogP contribution in [0.3, 0.4) is 0 Å². The van der Waals surface area contributed by atoms with E-state index >= 15 is 0 Å². The highest BCUT2D eigenvalue weighted by atomic mass is 33.2. The summed E-state index contributed by atoms with van der Waals surface area (Å²) in [5, 5.41) is 8.86. The summed E-state index contributed by atoms with van der Waals surface area (Å²) >= 11 is 0. The molecule has 0 heterocycles. The number of thiol groups is 2. The molecule has 26 heavy (non-hydrogen) atoms. The zero-order chi connectivity index (χ0) is 18.6. The highest BCUT2D eigenvalue weighted by Gasteiger charge is 2.57. The summed E-state index contributed by atoms with van der Waals surface area (Å²) < 4.78 is 31.6. The highest BCUT2D eigenvalue weighted by Crippen LogP contribution is 2.81. The summed E-state index contributed by atoms with van der Waals surface area (Å²) in [5.74, 6) is 0.180. The molecule has 0 atom stereocenters. The van der Waals surface area contributed by atoms with Crippen molar-refractivity contribution in [3.05, 3.63) is 91.0 Å². The van der Waals surface area contributed by atoms with E-state index in [0.29, 0.717) is 0 Å². The summed E-state index contributed by atoms with van der Waals surface area (Å²) in [7, 11) is -8.68. The van der Waals surface area contributed by atoms with Crippen LogP contribution < -0.4 is 4.18 Å². The van der Waals surface area contributed by atoms with E-state index < -0.39 is 23.5 Å². The Hall–Kier alpha value is -2.77. The zero-order valence-electron chi connectivity index (χ0n) is 13.6. The first kappa shape index (κ1) is 18.0. The first-order valence-corrected chi connectivity index (χ1v) is 11.8. The van der Waals surface area contributed by atoms with Crippen LogP contribution in [0.5, 0.6) is 5.75 Å². The van der Waals surface area contributed by atoms with Gasteiger partial charge < -0.3 is 9.29 Å². The summed E-state index contributed by atoms with van der Waals surface area (Å²) in [6, 6.07) is 24.0. The summed E-state index contributed by atoms with van der Waals surface area (Å²) in [6.07, 6.45) is 0. The number of hydrogen-bond donors (Lipinski definition) is 3. The van der Waals surface area contributed by atoms with Gasteiger partial charge in [-0.2, -0.15) is 0 Å².